The molecule has 0 radical (unpaired) electrons. The first kappa shape index (κ1) is 25.1. The van der Waals surface area contributed by atoms with Crippen molar-refractivity contribution in [1.29, 1.82) is 0 Å². The molecule has 0 N–H and O–H groups in total. The van der Waals surface area contributed by atoms with Gasteiger partial charge in [0.2, 0.25) is 5.95 Å². The van der Waals surface area contributed by atoms with Crippen LogP contribution >= 0.6 is 0 Å². The Balaban J connectivity index is 1.42. The predicted molar refractivity (Wildman–Crippen MR) is 191 cm³/mol. The van der Waals surface area contributed by atoms with E-state index in [9.17, 15) is 0 Å². The van der Waals surface area contributed by atoms with Crippen LogP contribution in [0.5, 0.6) is 0 Å². The van der Waals surface area contributed by atoms with Gasteiger partial charge in [0.05, 0.1) is 39.0 Å². The summed E-state index contributed by atoms with van der Waals surface area (Å²) in [6, 6.07) is 55.8. The van der Waals surface area contributed by atoms with Gasteiger partial charge in [-0.3, -0.25) is 4.57 Å². The Bertz CT molecular complexity index is 2730. The standard InChI is InChI=1S/C42H26N4/c1-3-13-27(14-4-1)35-26-36(28-15-5-2-6-16-28)44-42(43-35)46-38-22-12-10-20-33(38)34-24-23-29-25-39-32-19-8-7-17-30(32)31-18-9-11-21-37(31)45(39)40(29)41(34)46/h1-26H. The van der Waals surface area contributed by atoms with Gasteiger partial charge in [-0.2, -0.15) is 0 Å². The number of fused-ring (bicyclic) bond motifs is 12. The maximum atomic E-state index is 5.30. The van der Waals surface area contributed by atoms with Crippen LogP contribution < -0.4 is 0 Å². The monoisotopic (exact) mass is 586 g/mol. The molecule has 4 nitrogen and oxygen atoms in total. The number of rotatable bonds is 3. The zero-order valence-corrected chi connectivity index (χ0v) is 24.8. The van der Waals surface area contributed by atoms with Gasteiger partial charge in [-0.1, -0.05) is 133 Å². The summed E-state index contributed by atoms with van der Waals surface area (Å²) in [6.07, 6.45) is 0. The van der Waals surface area contributed by atoms with Crippen LogP contribution in [0.4, 0.5) is 0 Å². The summed E-state index contributed by atoms with van der Waals surface area (Å²) in [5.74, 6) is 0.652. The molecule has 0 aliphatic carbocycles. The van der Waals surface area contributed by atoms with Crippen molar-refractivity contribution in [3.63, 3.8) is 0 Å². The minimum absolute atomic E-state index is 0.652. The third kappa shape index (κ3) is 3.55. The molecule has 0 unspecified atom stereocenters. The van der Waals surface area contributed by atoms with Crippen LogP contribution in [0.25, 0.3) is 88.4 Å². The third-order valence-electron chi connectivity index (χ3n) is 9.29. The van der Waals surface area contributed by atoms with E-state index in [2.05, 4.69) is 155 Å². The molecule has 0 aliphatic rings. The summed E-state index contributed by atoms with van der Waals surface area (Å²) >= 11 is 0. The molecule has 4 heteroatoms. The van der Waals surface area contributed by atoms with Crippen molar-refractivity contribution in [3.05, 3.63) is 158 Å². The molecule has 0 fully saturated rings. The first-order valence-electron chi connectivity index (χ1n) is 15.6. The summed E-state index contributed by atoms with van der Waals surface area (Å²) in [5.41, 5.74) is 9.59. The highest BCUT2D eigenvalue weighted by Crippen LogP contribution is 2.41. The van der Waals surface area contributed by atoms with Gasteiger partial charge in [-0.15, -0.1) is 0 Å². The number of pyridine rings is 1. The largest absolute Gasteiger partial charge is 0.307 e. The molecule has 0 saturated heterocycles. The van der Waals surface area contributed by atoms with Crippen LogP contribution in [0.15, 0.2) is 158 Å². The SMILES string of the molecule is c1ccc(-c2cc(-c3ccccc3)nc(-n3c4ccccc4c4ccc5cc6c7ccccc7c7ccccc7n6c5c43)n2)cc1. The van der Waals surface area contributed by atoms with Gasteiger partial charge in [0.1, 0.15) is 0 Å². The highest BCUT2D eigenvalue weighted by atomic mass is 15.2. The number of benzene rings is 6. The van der Waals surface area contributed by atoms with Gasteiger partial charge >= 0.3 is 0 Å². The molecule has 10 aromatic rings. The van der Waals surface area contributed by atoms with Gasteiger partial charge in [0, 0.05) is 38.1 Å². The van der Waals surface area contributed by atoms with E-state index in [1.54, 1.807) is 0 Å². The normalized spacial score (nSPS) is 11.9. The highest BCUT2D eigenvalue weighted by Gasteiger charge is 2.22. The average molecular weight is 587 g/mol. The first-order chi connectivity index (χ1) is 22.8. The topological polar surface area (TPSA) is 35.1 Å². The van der Waals surface area contributed by atoms with Crippen molar-refractivity contribution < 1.29 is 0 Å². The predicted octanol–water partition coefficient (Wildman–Crippen LogP) is 10.6. The van der Waals surface area contributed by atoms with E-state index in [4.69, 9.17) is 9.97 Å². The summed E-state index contributed by atoms with van der Waals surface area (Å²) in [7, 11) is 0. The molecular formula is C42H26N4. The van der Waals surface area contributed by atoms with Crippen LogP contribution in [0.1, 0.15) is 0 Å². The Kier molecular flexibility index (Phi) is 5.25. The molecule has 0 amide bonds. The van der Waals surface area contributed by atoms with Crippen LogP contribution in [0.3, 0.4) is 0 Å². The number of nitrogens with zero attached hydrogens (tertiary/aromatic N) is 4. The van der Waals surface area contributed by atoms with Crippen LogP contribution in [0.2, 0.25) is 0 Å². The van der Waals surface area contributed by atoms with E-state index < -0.39 is 0 Å². The number of hydrogen-bond donors (Lipinski definition) is 0. The smallest absolute Gasteiger partial charge is 0.235 e. The van der Waals surface area contributed by atoms with Crippen LogP contribution in [-0.4, -0.2) is 18.9 Å². The second kappa shape index (κ2) is 9.62. The maximum absolute atomic E-state index is 5.30. The van der Waals surface area contributed by atoms with Crippen molar-refractivity contribution in [2.24, 2.45) is 0 Å². The first-order valence-corrected chi connectivity index (χ1v) is 15.6. The molecular weight excluding hydrogens is 560 g/mol. The lowest BCUT2D eigenvalue weighted by atomic mass is 10.1. The molecule has 6 aromatic carbocycles. The molecule has 0 spiro atoms. The van der Waals surface area contributed by atoms with Gasteiger partial charge in [-0.05, 0) is 29.7 Å². The Morgan fingerprint density at radius 2 is 0.891 bits per heavy atom. The summed E-state index contributed by atoms with van der Waals surface area (Å²) in [6.45, 7) is 0. The Labute approximate surface area is 264 Å². The lowest BCUT2D eigenvalue weighted by Gasteiger charge is -2.13. The van der Waals surface area contributed by atoms with E-state index in [0.717, 1.165) is 39.1 Å². The zero-order valence-electron chi connectivity index (χ0n) is 24.8. The van der Waals surface area contributed by atoms with Crippen molar-refractivity contribution in [2.75, 3.05) is 0 Å². The third-order valence-corrected chi connectivity index (χ3v) is 9.29. The lowest BCUT2D eigenvalue weighted by Crippen LogP contribution is -2.04. The molecule has 0 bridgehead atoms. The summed E-state index contributed by atoms with van der Waals surface area (Å²) in [4.78, 5) is 10.6. The molecule has 0 aliphatic heterocycles. The molecule has 4 aromatic heterocycles. The van der Waals surface area contributed by atoms with Crippen LogP contribution in [0, 0.1) is 0 Å². The molecule has 214 valence electrons. The van der Waals surface area contributed by atoms with Gasteiger partial charge in [-0.25, -0.2) is 9.97 Å². The number of hydrogen-bond acceptors (Lipinski definition) is 2. The zero-order chi connectivity index (χ0) is 30.2. The van der Waals surface area contributed by atoms with Crippen molar-refractivity contribution >= 4 is 59.9 Å². The van der Waals surface area contributed by atoms with Gasteiger partial charge in [0.15, 0.2) is 0 Å². The van der Waals surface area contributed by atoms with E-state index in [0.29, 0.717) is 5.95 Å². The molecule has 4 heterocycles. The van der Waals surface area contributed by atoms with Crippen molar-refractivity contribution in [1.82, 2.24) is 18.9 Å². The van der Waals surface area contributed by atoms with Gasteiger partial charge in [0.25, 0.3) is 0 Å². The molecule has 0 atom stereocenters. The summed E-state index contributed by atoms with van der Waals surface area (Å²) in [5, 5.41) is 7.26. The Hall–Kier alpha value is -6.26. The maximum Gasteiger partial charge on any atom is 0.235 e. The van der Waals surface area contributed by atoms with E-state index in [1.165, 1.54) is 43.4 Å². The lowest BCUT2D eigenvalue weighted by molar-refractivity contribution is 0.996. The average Bonchev–Trinajstić information content (AvgIpc) is 3.69. The van der Waals surface area contributed by atoms with E-state index >= 15 is 0 Å². The second-order valence-corrected chi connectivity index (χ2v) is 11.9. The quantitative estimate of drug-likeness (QED) is 0.193. The number of aromatic nitrogens is 4. The molecule has 0 saturated carbocycles. The fraction of sp³-hybridized carbons (Fsp3) is 0. The van der Waals surface area contributed by atoms with E-state index in [-0.39, 0.29) is 0 Å². The van der Waals surface area contributed by atoms with Crippen molar-refractivity contribution in [2.45, 2.75) is 0 Å². The van der Waals surface area contributed by atoms with Gasteiger partial charge < -0.3 is 4.40 Å². The molecule has 46 heavy (non-hydrogen) atoms. The Morgan fingerprint density at radius 3 is 1.54 bits per heavy atom. The highest BCUT2D eigenvalue weighted by molar-refractivity contribution is 6.22. The minimum atomic E-state index is 0.652. The number of para-hydroxylation sites is 2. The second-order valence-electron chi connectivity index (χ2n) is 11.9. The molecule has 10 rings (SSSR count). The summed E-state index contributed by atoms with van der Waals surface area (Å²) < 4.78 is 4.73. The Morgan fingerprint density at radius 1 is 0.370 bits per heavy atom. The fourth-order valence-electron chi connectivity index (χ4n) is 7.28. The fourth-order valence-corrected chi connectivity index (χ4v) is 7.28. The minimum Gasteiger partial charge on any atom is -0.307 e. The van der Waals surface area contributed by atoms with Crippen LogP contribution in [-0.2, 0) is 0 Å². The van der Waals surface area contributed by atoms with Crippen molar-refractivity contribution in [3.8, 4) is 28.5 Å². The van der Waals surface area contributed by atoms with E-state index in [1.807, 2.05) is 12.1 Å².